The maximum absolute atomic E-state index is 13.8. The minimum absolute atomic E-state index is 0.0118. The van der Waals surface area contributed by atoms with Crippen molar-refractivity contribution in [3.63, 3.8) is 0 Å². The maximum Gasteiger partial charge on any atom is 0.247 e. The Hall–Kier alpha value is -3.25. The summed E-state index contributed by atoms with van der Waals surface area (Å²) in [6.07, 6.45) is 3.84. The van der Waals surface area contributed by atoms with Gasteiger partial charge >= 0.3 is 0 Å². The number of carbonyl (C=O) groups is 2. The highest BCUT2D eigenvalue weighted by atomic mass is 35.5. The molecular weight excluding hydrogens is 426 g/mol. The van der Waals surface area contributed by atoms with Crippen molar-refractivity contribution in [1.29, 1.82) is 0 Å². The first-order valence-corrected chi connectivity index (χ1v) is 11.2. The van der Waals surface area contributed by atoms with Crippen molar-refractivity contribution in [2.24, 2.45) is 0 Å². The molecule has 1 fully saturated rings. The quantitative estimate of drug-likeness (QED) is 0.531. The van der Waals surface area contributed by atoms with Crippen LogP contribution in [0.3, 0.4) is 0 Å². The van der Waals surface area contributed by atoms with E-state index in [4.69, 9.17) is 16.3 Å². The second kappa shape index (κ2) is 8.36. The van der Waals surface area contributed by atoms with E-state index in [0.29, 0.717) is 0 Å². The molecule has 1 aliphatic carbocycles. The lowest BCUT2D eigenvalue weighted by molar-refractivity contribution is -0.133. The third-order valence-corrected chi connectivity index (χ3v) is 6.38. The first-order chi connectivity index (χ1) is 15.6. The van der Waals surface area contributed by atoms with Crippen LogP contribution in [0.2, 0.25) is 0 Å². The van der Waals surface area contributed by atoms with Gasteiger partial charge in [0.1, 0.15) is 24.2 Å². The summed E-state index contributed by atoms with van der Waals surface area (Å²) in [6.45, 7) is 0.0118. The normalized spacial score (nSPS) is 16.8. The van der Waals surface area contributed by atoms with Gasteiger partial charge in [0.05, 0.1) is 24.2 Å². The molecule has 2 heterocycles. The zero-order valence-corrected chi connectivity index (χ0v) is 18.5. The van der Waals surface area contributed by atoms with Gasteiger partial charge < -0.3 is 14.2 Å². The molecule has 1 aliphatic heterocycles. The Labute approximate surface area is 191 Å². The predicted molar refractivity (Wildman–Crippen MR) is 124 cm³/mol. The smallest absolute Gasteiger partial charge is 0.247 e. The fourth-order valence-corrected chi connectivity index (χ4v) is 4.62. The van der Waals surface area contributed by atoms with E-state index in [1.807, 2.05) is 71.8 Å². The monoisotopic (exact) mass is 449 g/mol. The minimum atomic E-state index is -0.328. The molecule has 1 saturated carbocycles. The van der Waals surface area contributed by atoms with E-state index in [2.05, 4.69) is 4.57 Å². The molecule has 164 valence electrons. The van der Waals surface area contributed by atoms with Gasteiger partial charge in [0.25, 0.3) is 0 Å². The lowest BCUT2D eigenvalue weighted by Gasteiger charge is -2.39. The van der Waals surface area contributed by atoms with Gasteiger partial charge in [0.2, 0.25) is 11.8 Å². The van der Waals surface area contributed by atoms with E-state index in [1.165, 1.54) is 0 Å². The van der Waals surface area contributed by atoms with Gasteiger partial charge in [-0.1, -0.05) is 24.3 Å². The Balaban J connectivity index is 1.59. The van der Waals surface area contributed by atoms with Crippen LogP contribution < -0.4 is 9.64 Å². The molecule has 0 bridgehead atoms. The Morgan fingerprint density at radius 3 is 2.41 bits per heavy atom. The summed E-state index contributed by atoms with van der Waals surface area (Å²) in [5.74, 6) is 0.310. The van der Waals surface area contributed by atoms with Gasteiger partial charge in [-0.15, -0.1) is 11.6 Å². The van der Waals surface area contributed by atoms with Gasteiger partial charge in [-0.2, -0.15) is 0 Å². The van der Waals surface area contributed by atoms with E-state index < -0.39 is 0 Å². The molecule has 2 aliphatic rings. The number of anilines is 1. The lowest BCUT2D eigenvalue weighted by Crippen LogP contribution is -2.47. The number of hydrogen-bond acceptors (Lipinski definition) is 3. The number of rotatable bonds is 6. The fraction of sp³-hybridized carbons (Fsp3) is 0.280. The highest BCUT2D eigenvalue weighted by Gasteiger charge is 2.39. The SMILES string of the molecule is COc1ccc(C2c3cccn3-c3ccccc3N2C(=O)CN(C(=O)CCl)C2CC2)cc1. The predicted octanol–water partition coefficient (Wildman–Crippen LogP) is 4.15. The molecule has 6 nitrogen and oxygen atoms in total. The number of ether oxygens (including phenoxy) is 1. The average Bonchev–Trinajstić information content (AvgIpc) is 3.56. The number of methoxy groups -OCH3 is 1. The average molecular weight is 450 g/mol. The molecule has 1 atom stereocenters. The largest absolute Gasteiger partial charge is 0.497 e. The molecule has 0 spiro atoms. The number of nitrogens with zero attached hydrogens (tertiary/aromatic N) is 3. The Morgan fingerprint density at radius 2 is 1.75 bits per heavy atom. The van der Waals surface area contributed by atoms with Crippen LogP contribution in [-0.4, -0.2) is 46.9 Å². The number of hydrogen-bond donors (Lipinski definition) is 0. The molecule has 0 N–H and O–H groups in total. The highest BCUT2D eigenvalue weighted by molar-refractivity contribution is 6.27. The summed E-state index contributed by atoms with van der Waals surface area (Å²) in [6, 6.07) is 19.4. The van der Waals surface area contributed by atoms with Gasteiger partial charge in [0.15, 0.2) is 0 Å². The number of carbonyl (C=O) groups excluding carboxylic acids is 2. The van der Waals surface area contributed by atoms with Crippen LogP contribution in [0.1, 0.15) is 30.1 Å². The van der Waals surface area contributed by atoms with Crippen molar-refractivity contribution in [1.82, 2.24) is 9.47 Å². The van der Waals surface area contributed by atoms with Crippen molar-refractivity contribution in [3.8, 4) is 11.4 Å². The number of benzene rings is 2. The molecule has 32 heavy (non-hydrogen) atoms. The van der Waals surface area contributed by atoms with Crippen molar-refractivity contribution >= 4 is 29.1 Å². The van der Waals surface area contributed by atoms with Crippen LogP contribution in [0.5, 0.6) is 5.75 Å². The number of aromatic nitrogens is 1. The number of fused-ring (bicyclic) bond motifs is 3. The molecule has 7 heteroatoms. The third kappa shape index (κ3) is 3.54. The van der Waals surface area contributed by atoms with Crippen LogP contribution in [0, 0.1) is 0 Å². The molecule has 2 amide bonds. The third-order valence-electron chi connectivity index (χ3n) is 6.15. The summed E-state index contributed by atoms with van der Waals surface area (Å²) < 4.78 is 7.45. The second-order valence-corrected chi connectivity index (χ2v) is 8.38. The van der Waals surface area contributed by atoms with Crippen LogP contribution in [0.25, 0.3) is 5.69 Å². The zero-order valence-electron chi connectivity index (χ0n) is 17.8. The van der Waals surface area contributed by atoms with Gasteiger partial charge in [-0.25, -0.2) is 0 Å². The fourth-order valence-electron chi connectivity index (χ4n) is 4.47. The molecular formula is C25H24ClN3O3. The molecule has 3 aromatic rings. The van der Waals surface area contributed by atoms with E-state index in [-0.39, 0.29) is 36.3 Å². The number of amides is 2. The summed E-state index contributed by atoms with van der Waals surface area (Å²) >= 11 is 5.84. The van der Waals surface area contributed by atoms with Gasteiger partial charge in [-0.05, 0) is 54.8 Å². The summed E-state index contributed by atoms with van der Waals surface area (Å²) in [5.41, 5.74) is 3.71. The number of alkyl halides is 1. The topological polar surface area (TPSA) is 54.8 Å². The van der Waals surface area contributed by atoms with Crippen molar-refractivity contribution in [2.75, 3.05) is 24.4 Å². The van der Waals surface area contributed by atoms with Crippen molar-refractivity contribution < 1.29 is 14.3 Å². The molecule has 5 rings (SSSR count). The second-order valence-electron chi connectivity index (χ2n) is 8.12. The van der Waals surface area contributed by atoms with Gasteiger partial charge in [-0.3, -0.25) is 14.5 Å². The van der Waals surface area contributed by atoms with Crippen molar-refractivity contribution in [2.45, 2.75) is 24.9 Å². The van der Waals surface area contributed by atoms with Crippen LogP contribution in [-0.2, 0) is 9.59 Å². The van der Waals surface area contributed by atoms with Crippen molar-refractivity contribution in [3.05, 3.63) is 78.1 Å². The first kappa shape index (κ1) is 20.6. The number of halogens is 1. The Morgan fingerprint density at radius 1 is 1.03 bits per heavy atom. The van der Waals surface area contributed by atoms with Crippen LogP contribution >= 0.6 is 11.6 Å². The first-order valence-electron chi connectivity index (χ1n) is 10.7. The lowest BCUT2D eigenvalue weighted by atomic mass is 9.97. The summed E-state index contributed by atoms with van der Waals surface area (Å²) in [4.78, 5) is 29.7. The standard InChI is InChI=1S/C25H24ClN3O3/c1-32-19-12-8-17(9-13-19)25-22-7-4-14-27(22)20-5-2-3-6-21(20)29(25)24(31)16-28(18-10-11-18)23(30)15-26/h2-9,12-14,18,25H,10-11,15-16H2,1H3. The molecule has 0 saturated heterocycles. The van der Waals surface area contributed by atoms with Gasteiger partial charge in [0, 0.05) is 12.2 Å². The van der Waals surface area contributed by atoms with Crippen LogP contribution in [0.15, 0.2) is 66.9 Å². The maximum atomic E-state index is 13.8. The highest BCUT2D eigenvalue weighted by Crippen LogP contribution is 2.42. The van der Waals surface area contributed by atoms with Crippen LogP contribution in [0.4, 0.5) is 5.69 Å². The molecule has 0 radical (unpaired) electrons. The molecule has 1 aromatic heterocycles. The molecule has 1 unspecified atom stereocenters. The van der Waals surface area contributed by atoms with E-state index >= 15 is 0 Å². The molecule has 2 aromatic carbocycles. The minimum Gasteiger partial charge on any atom is -0.497 e. The van der Waals surface area contributed by atoms with E-state index in [0.717, 1.165) is 41.2 Å². The number of para-hydroxylation sites is 2. The van der Waals surface area contributed by atoms with E-state index in [1.54, 1.807) is 12.0 Å². The zero-order chi connectivity index (χ0) is 22.2. The summed E-state index contributed by atoms with van der Waals surface area (Å²) in [7, 11) is 1.63. The van der Waals surface area contributed by atoms with E-state index in [9.17, 15) is 9.59 Å². The summed E-state index contributed by atoms with van der Waals surface area (Å²) in [5, 5.41) is 0. The Bertz CT molecular complexity index is 1150. The Kier molecular flexibility index (Phi) is 5.39.